The number of imide groups is 1. The molecule has 14 heteroatoms. The highest BCUT2D eigenvalue weighted by Gasteiger charge is 2.57. The molecule has 1 heterocycles. The SMILES string of the molecule is COc1cc(C2C3=CCC4C(=O)N(c5cc(C(F)(F)F)cc(C(F)(F)F)c5)C(=O)C4C3CC3=C2C(=O)C=C(Br)C3=O)ccc1O. The lowest BCUT2D eigenvalue weighted by Gasteiger charge is -2.42. The van der Waals surface area contributed by atoms with Crippen LogP contribution in [0.3, 0.4) is 0 Å². The summed E-state index contributed by atoms with van der Waals surface area (Å²) in [5.41, 5.74) is -3.15. The maximum absolute atomic E-state index is 14.0. The molecule has 3 aliphatic carbocycles. The fraction of sp³-hybridized carbons (Fsp3) is 0.290. The number of carbonyl (C=O) groups excluding carboxylic acids is 4. The smallest absolute Gasteiger partial charge is 0.416 e. The van der Waals surface area contributed by atoms with Gasteiger partial charge < -0.3 is 9.84 Å². The van der Waals surface area contributed by atoms with Crippen LogP contribution in [0.2, 0.25) is 0 Å². The summed E-state index contributed by atoms with van der Waals surface area (Å²) in [6, 6.07) is 4.85. The van der Waals surface area contributed by atoms with Crippen LogP contribution in [0.5, 0.6) is 11.5 Å². The van der Waals surface area contributed by atoms with Crippen LogP contribution < -0.4 is 9.64 Å². The van der Waals surface area contributed by atoms with Gasteiger partial charge in [0.1, 0.15) is 0 Å². The summed E-state index contributed by atoms with van der Waals surface area (Å²) >= 11 is 3.09. The highest BCUT2D eigenvalue weighted by molar-refractivity contribution is 9.12. The summed E-state index contributed by atoms with van der Waals surface area (Å²) in [4.78, 5) is 54.6. The van der Waals surface area contributed by atoms with Crippen LogP contribution in [0.15, 0.2) is 69.8 Å². The number of amides is 2. The summed E-state index contributed by atoms with van der Waals surface area (Å²) in [7, 11) is 1.31. The Balaban J connectivity index is 1.48. The first-order valence-electron chi connectivity index (χ1n) is 13.5. The van der Waals surface area contributed by atoms with E-state index in [1.165, 1.54) is 25.3 Å². The molecule has 2 amide bonds. The van der Waals surface area contributed by atoms with Crippen LogP contribution in [0.1, 0.15) is 35.4 Å². The molecule has 1 saturated heterocycles. The van der Waals surface area contributed by atoms with Crippen LogP contribution in [0.25, 0.3) is 0 Å². The van der Waals surface area contributed by atoms with E-state index in [4.69, 9.17) is 4.74 Å². The number of nitrogens with zero attached hydrogens (tertiary/aromatic N) is 1. The van der Waals surface area contributed by atoms with Gasteiger partial charge in [-0.25, -0.2) is 4.90 Å². The lowest BCUT2D eigenvalue weighted by atomic mass is 9.59. The predicted molar refractivity (Wildman–Crippen MR) is 148 cm³/mol. The van der Waals surface area contributed by atoms with Crippen molar-refractivity contribution in [3.63, 3.8) is 0 Å². The molecule has 45 heavy (non-hydrogen) atoms. The Morgan fingerprint density at radius 3 is 2.16 bits per heavy atom. The van der Waals surface area contributed by atoms with Crippen molar-refractivity contribution in [3.05, 3.63) is 86.4 Å². The van der Waals surface area contributed by atoms with Crippen LogP contribution in [-0.4, -0.2) is 35.6 Å². The molecule has 4 unspecified atom stereocenters. The summed E-state index contributed by atoms with van der Waals surface area (Å²) < 4.78 is 86.9. The third-order valence-electron chi connectivity index (χ3n) is 8.70. The number of fused-ring (bicyclic) bond motifs is 3. The first kappa shape index (κ1) is 30.8. The van der Waals surface area contributed by atoms with Gasteiger partial charge in [0.25, 0.3) is 0 Å². The number of phenolic OH excluding ortho intramolecular Hbond substituents is 1. The number of halogens is 7. The first-order chi connectivity index (χ1) is 21.0. The second-order valence-corrected chi connectivity index (χ2v) is 12.0. The van der Waals surface area contributed by atoms with E-state index in [9.17, 15) is 50.6 Å². The first-order valence-corrected chi connectivity index (χ1v) is 14.3. The van der Waals surface area contributed by atoms with E-state index >= 15 is 0 Å². The maximum Gasteiger partial charge on any atom is 0.416 e. The van der Waals surface area contributed by atoms with Crippen LogP contribution in [0.4, 0.5) is 32.0 Å². The average Bonchev–Trinajstić information content (AvgIpc) is 3.23. The second-order valence-electron chi connectivity index (χ2n) is 11.1. The number of rotatable bonds is 3. The third-order valence-corrected chi connectivity index (χ3v) is 9.29. The number of hydrogen-bond donors (Lipinski definition) is 1. The zero-order valence-electron chi connectivity index (χ0n) is 22.9. The molecule has 234 valence electrons. The standard InChI is InChI=1S/C31H20BrF6NO6/c1-45-23-6-12(2-5-21(23)40)24-16-3-4-17-25(18(16)10-19-26(24)22(41)11-20(32)27(19)42)29(44)39(28(17)43)15-8-13(30(33,34)35)7-14(9-15)31(36,37)38/h2-3,5-9,11,17-18,24-25,40H,4,10H2,1H3. The van der Waals surface area contributed by atoms with Crippen molar-refractivity contribution < 1.29 is 55.4 Å². The fourth-order valence-electron chi connectivity index (χ4n) is 6.78. The lowest BCUT2D eigenvalue weighted by Crippen LogP contribution is -2.39. The minimum Gasteiger partial charge on any atom is -0.504 e. The molecule has 7 nitrogen and oxygen atoms in total. The van der Waals surface area contributed by atoms with Gasteiger partial charge in [0.15, 0.2) is 23.1 Å². The van der Waals surface area contributed by atoms with Crippen molar-refractivity contribution in [2.45, 2.75) is 31.1 Å². The molecule has 1 aliphatic heterocycles. The Morgan fingerprint density at radius 1 is 0.911 bits per heavy atom. The number of alkyl halides is 6. The molecule has 2 aromatic carbocycles. The third kappa shape index (κ3) is 4.89. The minimum atomic E-state index is -5.21. The van der Waals surface area contributed by atoms with Gasteiger partial charge in [-0.1, -0.05) is 17.7 Å². The van der Waals surface area contributed by atoms with Gasteiger partial charge in [-0.05, 0) is 70.6 Å². The van der Waals surface area contributed by atoms with E-state index in [0.29, 0.717) is 28.2 Å². The molecule has 0 radical (unpaired) electrons. The highest BCUT2D eigenvalue weighted by Crippen LogP contribution is 2.56. The van der Waals surface area contributed by atoms with E-state index in [0.717, 1.165) is 6.08 Å². The molecule has 1 N–H and O–H groups in total. The summed E-state index contributed by atoms with van der Waals surface area (Å²) in [5, 5.41) is 10.2. The summed E-state index contributed by atoms with van der Waals surface area (Å²) in [6.07, 6.45) is -7.93. The minimum absolute atomic E-state index is 0.0350. The monoisotopic (exact) mass is 695 g/mol. The van der Waals surface area contributed by atoms with Crippen molar-refractivity contribution >= 4 is 45.0 Å². The molecular formula is C31H20BrF6NO6. The maximum atomic E-state index is 14.0. The van der Waals surface area contributed by atoms with Gasteiger partial charge >= 0.3 is 12.4 Å². The molecule has 0 spiro atoms. The van der Waals surface area contributed by atoms with Gasteiger partial charge in [0, 0.05) is 23.1 Å². The van der Waals surface area contributed by atoms with E-state index in [1.807, 2.05) is 0 Å². The number of Topliss-reactive ketones (excluding diaryl/α,β-unsaturated/α-hetero) is 1. The average molecular weight is 696 g/mol. The van der Waals surface area contributed by atoms with Crippen LogP contribution in [0, 0.1) is 17.8 Å². The Bertz CT molecular complexity index is 1770. The van der Waals surface area contributed by atoms with Gasteiger partial charge in [-0.15, -0.1) is 0 Å². The second kappa shape index (κ2) is 10.4. The molecular weight excluding hydrogens is 676 g/mol. The molecule has 0 bridgehead atoms. The van der Waals surface area contributed by atoms with Crippen molar-refractivity contribution in [2.75, 3.05) is 12.0 Å². The largest absolute Gasteiger partial charge is 0.504 e. The molecule has 2 aromatic rings. The van der Waals surface area contributed by atoms with Gasteiger partial charge in [0.05, 0.1) is 40.2 Å². The highest BCUT2D eigenvalue weighted by atomic mass is 79.9. The Morgan fingerprint density at radius 2 is 1.56 bits per heavy atom. The molecule has 6 rings (SSSR count). The number of aromatic hydroxyl groups is 1. The number of ketones is 2. The predicted octanol–water partition coefficient (Wildman–Crippen LogP) is 6.41. The van der Waals surface area contributed by atoms with E-state index in [2.05, 4.69) is 15.9 Å². The number of allylic oxidation sites excluding steroid dienone is 6. The quantitative estimate of drug-likeness (QED) is 0.173. The van der Waals surface area contributed by atoms with Gasteiger partial charge in [-0.2, -0.15) is 26.3 Å². The van der Waals surface area contributed by atoms with Gasteiger partial charge in [-0.3, -0.25) is 19.2 Å². The Kier molecular flexibility index (Phi) is 7.14. The number of benzene rings is 2. The number of phenols is 1. The van der Waals surface area contributed by atoms with E-state index < -0.39 is 76.2 Å². The zero-order chi connectivity index (χ0) is 32.7. The Labute approximate surface area is 259 Å². The topological polar surface area (TPSA) is 101 Å². The van der Waals surface area contributed by atoms with Crippen molar-refractivity contribution in [1.82, 2.24) is 0 Å². The molecule has 4 atom stereocenters. The number of anilines is 1. The summed E-state index contributed by atoms with van der Waals surface area (Å²) in [5.74, 6) is -7.38. The number of hydrogen-bond acceptors (Lipinski definition) is 6. The van der Waals surface area contributed by atoms with E-state index in [1.54, 1.807) is 6.08 Å². The van der Waals surface area contributed by atoms with E-state index in [-0.39, 0.29) is 46.0 Å². The van der Waals surface area contributed by atoms with Crippen molar-refractivity contribution in [2.24, 2.45) is 17.8 Å². The van der Waals surface area contributed by atoms with Crippen molar-refractivity contribution in [3.8, 4) is 11.5 Å². The molecule has 0 aromatic heterocycles. The van der Waals surface area contributed by atoms with Gasteiger partial charge in [0.2, 0.25) is 11.8 Å². The van der Waals surface area contributed by atoms with Crippen LogP contribution >= 0.6 is 15.9 Å². The fourth-order valence-corrected chi connectivity index (χ4v) is 7.23. The zero-order valence-corrected chi connectivity index (χ0v) is 24.5. The Hall–Kier alpha value is -4.20. The number of ether oxygens (including phenoxy) is 1. The normalized spacial score (nSPS) is 25.1. The van der Waals surface area contributed by atoms with Crippen LogP contribution in [-0.2, 0) is 31.5 Å². The molecule has 0 saturated carbocycles. The number of methoxy groups -OCH3 is 1. The molecule has 1 fully saturated rings. The lowest BCUT2D eigenvalue weighted by molar-refractivity contribution is -0.143. The summed E-state index contributed by atoms with van der Waals surface area (Å²) in [6.45, 7) is 0. The van der Waals surface area contributed by atoms with Crippen molar-refractivity contribution in [1.29, 1.82) is 0 Å². The number of carbonyl (C=O) groups is 4. The molecule has 4 aliphatic rings.